The molecule has 2 saturated carbocycles. The Labute approximate surface area is 125 Å². The zero-order valence-electron chi connectivity index (χ0n) is 13.5. The lowest BCUT2D eigenvalue weighted by molar-refractivity contribution is -0.149. The summed E-state index contributed by atoms with van der Waals surface area (Å²) in [5.41, 5.74) is 0.302. The van der Waals surface area contributed by atoms with Crippen molar-refractivity contribution in [3.05, 3.63) is 0 Å². The van der Waals surface area contributed by atoms with Crippen molar-refractivity contribution in [2.24, 2.45) is 17.8 Å². The average molecular weight is 279 g/mol. The van der Waals surface area contributed by atoms with Crippen molar-refractivity contribution in [2.45, 2.75) is 83.3 Å². The van der Waals surface area contributed by atoms with Crippen LogP contribution >= 0.6 is 0 Å². The van der Waals surface area contributed by atoms with Gasteiger partial charge in [0.2, 0.25) is 0 Å². The van der Waals surface area contributed by atoms with E-state index in [9.17, 15) is 0 Å². The van der Waals surface area contributed by atoms with Gasteiger partial charge in [0.15, 0.2) is 0 Å². The molecule has 0 radical (unpaired) electrons. The van der Waals surface area contributed by atoms with Crippen LogP contribution in [0.2, 0.25) is 0 Å². The molecule has 3 rings (SSSR count). The van der Waals surface area contributed by atoms with E-state index in [-0.39, 0.29) is 0 Å². The number of hydrogen-bond acceptors (Lipinski definition) is 2. The molecule has 2 nitrogen and oxygen atoms in total. The summed E-state index contributed by atoms with van der Waals surface area (Å²) in [4.78, 5) is 0. The smallest absolute Gasteiger partial charge is 0.0685 e. The van der Waals surface area contributed by atoms with Crippen LogP contribution in [-0.4, -0.2) is 24.8 Å². The summed E-state index contributed by atoms with van der Waals surface area (Å²) in [6, 6.07) is 0.754. The van der Waals surface area contributed by atoms with E-state index in [1.807, 2.05) is 0 Å². The molecule has 1 saturated heterocycles. The molecule has 20 heavy (non-hydrogen) atoms. The summed E-state index contributed by atoms with van der Waals surface area (Å²) in [7, 11) is 0. The minimum absolute atomic E-state index is 0.302. The van der Waals surface area contributed by atoms with Crippen LogP contribution in [0.3, 0.4) is 0 Å². The fourth-order valence-corrected chi connectivity index (χ4v) is 5.05. The molecule has 2 heteroatoms. The molecular weight excluding hydrogens is 246 g/mol. The van der Waals surface area contributed by atoms with E-state index in [4.69, 9.17) is 4.74 Å². The van der Waals surface area contributed by atoms with E-state index in [0.717, 1.165) is 36.9 Å². The van der Waals surface area contributed by atoms with Crippen molar-refractivity contribution in [3.8, 4) is 0 Å². The van der Waals surface area contributed by atoms with Gasteiger partial charge in [-0.05, 0) is 69.2 Å². The zero-order chi connectivity index (χ0) is 14.0. The Balaban J connectivity index is 1.65. The summed E-state index contributed by atoms with van der Waals surface area (Å²) >= 11 is 0. The fourth-order valence-electron chi connectivity index (χ4n) is 5.05. The molecular formula is C18H33NO. The van der Waals surface area contributed by atoms with E-state index in [1.54, 1.807) is 0 Å². The van der Waals surface area contributed by atoms with Crippen molar-refractivity contribution in [3.63, 3.8) is 0 Å². The maximum Gasteiger partial charge on any atom is 0.0685 e. The Kier molecular flexibility index (Phi) is 4.72. The molecule has 3 fully saturated rings. The minimum atomic E-state index is 0.302. The van der Waals surface area contributed by atoms with E-state index in [0.29, 0.717) is 5.60 Å². The Morgan fingerprint density at radius 1 is 1.15 bits per heavy atom. The first-order valence-electron chi connectivity index (χ1n) is 9.10. The second-order valence-electron chi connectivity index (χ2n) is 7.75. The highest BCUT2D eigenvalue weighted by molar-refractivity contribution is 4.98. The van der Waals surface area contributed by atoms with Crippen LogP contribution in [-0.2, 0) is 4.74 Å². The SMILES string of the molecule is CCNC(C1CCCC(C)C1)C1CCOC2(CCC2)C1. The molecule has 0 bridgehead atoms. The standard InChI is InChI=1S/C18H33NO/c1-3-19-17(15-7-4-6-14(2)12-15)16-8-11-20-18(13-16)9-5-10-18/h14-17,19H,3-13H2,1-2H3. The molecule has 1 N–H and O–H groups in total. The third kappa shape index (κ3) is 3.06. The van der Waals surface area contributed by atoms with Gasteiger partial charge in [0.05, 0.1) is 5.60 Å². The summed E-state index contributed by atoms with van der Waals surface area (Å²) in [5, 5.41) is 3.87. The third-order valence-corrected chi connectivity index (χ3v) is 6.23. The van der Waals surface area contributed by atoms with Gasteiger partial charge in [0.1, 0.15) is 0 Å². The predicted octanol–water partition coefficient (Wildman–Crippen LogP) is 4.14. The summed E-state index contributed by atoms with van der Waals surface area (Å²) in [5.74, 6) is 2.71. The van der Waals surface area contributed by atoms with Gasteiger partial charge in [-0.2, -0.15) is 0 Å². The molecule has 0 aromatic heterocycles. The van der Waals surface area contributed by atoms with Crippen molar-refractivity contribution in [1.29, 1.82) is 0 Å². The quantitative estimate of drug-likeness (QED) is 0.835. The van der Waals surface area contributed by atoms with Crippen LogP contribution in [0, 0.1) is 17.8 Å². The van der Waals surface area contributed by atoms with Gasteiger partial charge in [-0.1, -0.05) is 26.7 Å². The van der Waals surface area contributed by atoms with Gasteiger partial charge in [0.25, 0.3) is 0 Å². The third-order valence-electron chi connectivity index (χ3n) is 6.23. The molecule has 0 aromatic carbocycles. The summed E-state index contributed by atoms with van der Waals surface area (Å²) in [6.07, 6.45) is 12.4. The zero-order valence-corrected chi connectivity index (χ0v) is 13.5. The lowest BCUT2D eigenvalue weighted by Gasteiger charge is -2.50. The monoisotopic (exact) mass is 279 g/mol. The maximum atomic E-state index is 6.14. The number of nitrogens with one attached hydrogen (secondary N) is 1. The highest BCUT2D eigenvalue weighted by Gasteiger charge is 2.45. The first kappa shape index (κ1) is 14.8. The number of rotatable bonds is 4. The van der Waals surface area contributed by atoms with Crippen LogP contribution in [0.25, 0.3) is 0 Å². The number of ether oxygens (including phenoxy) is 1. The predicted molar refractivity (Wildman–Crippen MR) is 83.8 cm³/mol. The number of hydrogen-bond donors (Lipinski definition) is 1. The van der Waals surface area contributed by atoms with Gasteiger partial charge in [-0.25, -0.2) is 0 Å². The van der Waals surface area contributed by atoms with E-state index in [1.165, 1.54) is 57.8 Å². The molecule has 116 valence electrons. The van der Waals surface area contributed by atoms with Crippen LogP contribution in [0.1, 0.15) is 71.6 Å². The van der Waals surface area contributed by atoms with Crippen molar-refractivity contribution >= 4 is 0 Å². The van der Waals surface area contributed by atoms with Gasteiger partial charge in [0, 0.05) is 12.6 Å². The molecule has 1 heterocycles. The Bertz CT molecular complexity index is 313. The second-order valence-corrected chi connectivity index (χ2v) is 7.75. The Morgan fingerprint density at radius 3 is 2.65 bits per heavy atom. The minimum Gasteiger partial charge on any atom is -0.375 e. The van der Waals surface area contributed by atoms with Crippen LogP contribution in [0.4, 0.5) is 0 Å². The second kappa shape index (κ2) is 6.36. The first-order valence-corrected chi connectivity index (χ1v) is 9.10. The Hall–Kier alpha value is -0.0800. The molecule has 2 aliphatic carbocycles. The van der Waals surface area contributed by atoms with Gasteiger partial charge >= 0.3 is 0 Å². The molecule has 4 atom stereocenters. The summed E-state index contributed by atoms with van der Waals surface area (Å²) < 4.78 is 6.14. The molecule has 4 unspecified atom stereocenters. The van der Waals surface area contributed by atoms with Crippen LogP contribution in [0.15, 0.2) is 0 Å². The average Bonchev–Trinajstić information content (AvgIpc) is 2.43. The molecule has 1 spiro atoms. The summed E-state index contributed by atoms with van der Waals surface area (Å²) in [6.45, 7) is 6.86. The molecule has 0 aromatic rings. The normalized spacial score (nSPS) is 38.4. The van der Waals surface area contributed by atoms with Crippen molar-refractivity contribution < 1.29 is 4.74 Å². The highest BCUT2D eigenvalue weighted by atomic mass is 16.5. The van der Waals surface area contributed by atoms with Gasteiger partial charge in [-0.15, -0.1) is 0 Å². The van der Waals surface area contributed by atoms with E-state index >= 15 is 0 Å². The van der Waals surface area contributed by atoms with Crippen LogP contribution < -0.4 is 5.32 Å². The van der Waals surface area contributed by atoms with Crippen molar-refractivity contribution in [1.82, 2.24) is 5.32 Å². The van der Waals surface area contributed by atoms with Crippen LogP contribution in [0.5, 0.6) is 0 Å². The first-order chi connectivity index (χ1) is 9.72. The van der Waals surface area contributed by atoms with E-state index < -0.39 is 0 Å². The van der Waals surface area contributed by atoms with E-state index in [2.05, 4.69) is 19.2 Å². The fraction of sp³-hybridized carbons (Fsp3) is 1.00. The topological polar surface area (TPSA) is 21.3 Å². The van der Waals surface area contributed by atoms with Gasteiger partial charge in [-0.3, -0.25) is 0 Å². The molecule has 3 aliphatic rings. The lowest BCUT2D eigenvalue weighted by Crippen LogP contribution is -2.52. The largest absolute Gasteiger partial charge is 0.375 e. The molecule has 1 aliphatic heterocycles. The lowest BCUT2D eigenvalue weighted by atomic mass is 9.66. The highest BCUT2D eigenvalue weighted by Crippen LogP contribution is 2.46. The molecule has 0 amide bonds. The van der Waals surface area contributed by atoms with Gasteiger partial charge < -0.3 is 10.1 Å². The van der Waals surface area contributed by atoms with Crippen molar-refractivity contribution in [2.75, 3.05) is 13.2 Å². The maximum absolute atomic E-state index is 6.14. The Morgan fingerprint density at radius 2 is 2.00 bits per heavy atom.